The number of amides is 1. The summed E-state index contributed by atoms with van der Waals surface area (Å²) >= 11 is 0. The minimum atomic E-state index is -1.12. The number of aromatic carboxylic acids is 1. The number of fused-ring (bicyclic) bond motifs is 1. The minimum Gasteiger partial charge on any atom is -0.478 e. The first-order chi connectivity index (χ1) is 12.7. The van der Waals surface area contributed by atoms with Gasteiger partial charge in [0.25, 0.3) is 0 Å². The summed E-state index contributed by atoms with van der Waals surface area (Å²) in [6.07, 6.45) is 0. The topological polar surface area (TPSA) is 102 Å². The van der Waals surface area contributed by atoms with Crippen molar-refractivity contribution in [1.82, 2.24) is 4.57 Å². The van der Waals surface area contributed by atoms with Gasteiger partial charge in [0.2, 0.25) is 5.91 Å². The summed E-state index contributed by atoms with van der Waals surface area (Å²) in [5.41, 5.74) is 4.18. The first kappa shape index (κ1) is 18.4. The van der Waals surface area contributed by atoms with Gasteiger partial charge in [-0.05, 0) is 57.0 Å². The van der Waals surface area contributed by atoms with Gasteiger partial charge in [-0.3, -0.25) is 9.36 Å². The molecule has 0 fully saturated rings. The molecular formula is C20H20N2O5. The molecule has 1 aromatic heterocycles. The Kier molecular flexibility index (Phi) is 4.61. The SMILES string of the molecule is Cc1cc(C)c(NC(=O)C(C)n2c(=O)oc3cc(C(=O)O)ccc32)c(C)c1. The summed E-state index contributed by atoms with van der Waals surface area (Å²) in [6, 6.07) is 7.22. The number of carbonyl (C=O) groups excluding carboxylic acids is 1. The maximum Gasteiger partial charge on any atom is 0.420 e. The second kappa shape index (κ2) is 6.75. The number of carbonyl (C=O) groups is 2. The van der Waals surface area contributed by atoms with Crippen molar-refractivity contribution in [3.63, 3.8) is 0 Å². The van der Waals surface area contributed by atoms with Crippen LogP contribution < -0.4 is 11.1 Å². The van der Waals surface area contributed by atoms with E-state index in [2.05, 4.69) is 5.32 Å². The molecule has 7 nitrogen and oxygen atoms in total. The number of aromatic nitrogens is 1. The van der Waals surface area contributed by atoms with E-state index < -0.39 is 17.8 Å². The third-order valence-electron chi connectivity index (χ3n) is 4.55. The zero-order chi connectivity index (χ0) is 19.9. The minimum absolute atomic E-state index is 0.00593. The van der Waals surface area contributed by atoms with Crippen LogP contribution in [0, 0.1) is 20.8 Å². The van der Waals surface area contributed by atoms with Crippen LogP contribution in [0.1, 0.15) is 40.0 Å². The molecule has 27 heavy (non-hydrogen) atoms. The summed E-state index contributed by atoms with van der Waals surface area (Å²) in [4.78, 5) is 36.1. The van der Waals surface area contributed by atoms with Gasteiger partial charge in [0.1, 0.15) is 6.04 Å². The number of rotatable bonds is 4. The lowest BCUT2D eigenvalue weighted by atomic mass is 10.0. The fraction of sp³-hybridized carbons (Fsp3) is 0.250. The molecular weight excluding hydrogens is 348 g/mol. The summed E-state index contributed by atoms with van der Waals surface area (Å²) in [7, 11) is 0. The molecule has 3 aromatic rings. The third-order valence-corrected chi connectivity index (χ3v) is 4.55. The van der Waals surface area contributed by atoms with Gasteiger partial charge in [0.15, 0.2) is 5.58 Å². The van der Waals surface area contributed by atoms with Crippen molar-refractivity contribution in [2.24, 2.45) is 0 Å². The maximum absolute atomic E-state index is 12.8. The number of hydrogen-bond acceptors (Lipinski definition) is 4. The molecule has 140 valence electrons. The van der Waals surface area contributed by atoms with Crippen molar-refractivity contribution in [3.8, 4) is 0 Å². The summed E-state index contributed by atoms with van der Waals surface area (Å²) in [5.74, 6) is -2.20. The summed E-state index contributed by atoms with van der Waals surface area (Å²) in [5, 5.41) is 11.9. The van der Waals surface area contributed by atoms with Crippen LogP contribution in [0.2, 0.25) is 0 Å². The maximum atomic E-state index is 12.8. The van der Waals surface area contributed by atoms with Gasteiger partial charge in [-0.15, -0.1) is 0 Å². The fourth-order valence-electron chi connectivity index (χ4n) is 3.26. The lowest BCUT2D eigenvalue weighted by Crippen LogP contribution is -2.29. The predicted molar refractivity (Wildman–Crippen MR) is 101 cm³/mol. The van der Waals surface area contributed by atoms with Crippen LogP contribution >= 0.6 is 0 Å². The van der Waals surface area contributed by atoms with E-state index >= 15 is 0 Å². The van der Waals surface area contributed by atoms with Gasteiger partial charge in [-0.1, -0.05) is 17.7 Å². The second-order valence-electron chi connectivity index (χ2n) is 6.66. The van der Waals surface area contributed by atoms with Gasteiger partial charge in [0, 0.05) is 5.69 Å². The molecule has 0 spiro atoms. The van der Waals surface area contributed by atoms with E-state index in [1.165, 1.54) is 22.8 Å². The van der Waals surface area contributed by atoms with Crippen LogP contribution in [-0.2, 0) is 4.79 Å². The number of anilines is 1. The first-order valence-corrected chi connectivity index (χ1v) is 8.46. The number of nitrogens with one attached hydrogen (secondary N) is 1. The van der Waals surface area contributed by atoms with E-state index in [4.69, 9.17) is 9.52 Å². The lowest BCUT2D eigenvalue weighted by Gasteiger charge is -2.17. The standard InChI is InChI=1S/C20H20N2O5/c1-10-7-11(2)17(12(3)8-10)21-18(23)13(4)22-15-6-5-14(19(24)25)9-16(15)27-20(22)26/h5-9,13H,1-4H3,(H,21,23)(H,24,25). The Morgan fingerprint density at radius 3 is 2.33 bits per heavy atom. The van der Waals surface area contributed by atoms with E-state index in [-0.39, 0.29) is 17.1 Å². The van der Waals surface area contributed by atoms with Gasteiger partial charge in [-0.2, -0.15) is 0 Å². The van der Waals surface area contributed by atoms with Crippen molar-refractivity contribution in [3.05, 3.63) is 63.1 Å². The van der Waals surface area contributed by atoms with E-state index in [1.807, 2.05) is 32.9 Å². The quantitative estimate of drug-likeness (QED) is 0.735. The second-order valence-corrected chi connectivity index (χ2v) is 6.66. The molecule has 0 bridgehead atoms. The number of oxazole rings is 1. The van der Waals surface area contributed by atoms with Gasteiger partial charge >= 0.3 is 11.7 Å². The van der Waals surface area contributed by atoms with Gasteiger partial charge in [0.05, 0.1) is 11.1 Å². The number of hydrogen-bond donors (Lipinski definition) is 2. The highest BCUT2D eigenvalue weighted by molar-refractivity contribution is 5.96. The van der Waals surface area contributed by atoms with Gasteiger partial charge in [-0.25, -0.2) is 9.59 Å². The molecule has 0 aliphatic heterocycles. The Hall–Kier alpha value is -3.35. The van der Waals surface area contributed by atoms with Crippen LogP contribution in [0.4, 0.5) is 5.69 Å². The molecule has 0 aliphatic carbocycles. The summed E-state index contributed by atoms with van der Waals surface area (Å²) < 4.78 is 6.36. The summed E-state index contributed by atoms with van der Waals surface area (Å²) in [6.45, 7) is 7.40. The number of carboxylic acids is 1. The highest BCUT2D eigenvalue weighted by atomic mass is 16.4. The molecule has 1 unspecified atom stereocenters. The van der Waals surface area contributed by atoms with Crippen molar-refractivity contribution < 1.29 is 19.1 Å². The number of aryl methyl sites for hydroxylation is 3. The van der Waals surface area contributed by atoms with E-state index in [0.29, 0.717) is 11.2 Å². The molecule has 1 amide bonds. The van der Waals surface area contributed by atoms with Crippen LogP contribution in [0.15, 0.2) is 39.5 Å². The lowest BCUT2D eigenvalue weighted by molar-refractivity contribution is -0.118. The molecule has 0 saturated carbocycles. The number of benzene rings is 2. The monoisotopic (exact) mass is 368 g/mol. The zero-order valence-electron chi connectivity index (χ0n) is 15.5. The smallest absolute Gasteiger partial charge is 0.420 e. The molecule has 1 heterocycles. The van der Waals surface area contributed by atoms with Crippen molar-refractivity contribution >= 4 is 28.7 Å². The molecule has 0 radical (unpaired) electrons. The van der Waals surface area contributed by atoms with Crippen molar-refractivity contribution in [2.45, 2.75) is 33.7 Å². The molecule has 0 saturated heterocycles. The molecule has 3 rings (SSSR count). The Morgan fingerprint density at radius 1 is 1.11 bits per heavy atom. The highest BCUT2D eigenvalue weighted by Crippen LogP contribution is 2.24. The number of nitrogens with zero attached hydrogens (tertiary/aromatic N) is 1. The molecule has 2 aromatic carbocycles. The molecule has 7 heteroatoms. The third kappa shape index (κ3) is 3.36. The zero-order valence-corrected chi connectivity index (χ0v) is 15.5. The Morgan fingerprint density at radius 2 is 1.74 bits per heavy atom. The average Bonchev–Trinajstić information content (AvgIpc) is 2.91. The van der Waals surface area contributed by atoms with Crippen LogP contribution in [0.5, 0.6) is 0 Å². The fourth-order valence-corrected chi connectivity index (χ4v) is 3.26. The molecule has 2 N–H and O–H groups in total. The van der Waals surface area contributed by atoms with Crippen LogP contribution in [0.25, 0.3) is 11.1 Å². The van der Waals surface area contributed by atoms with E-state index in [0.717, 1.165) is 16.7 Å². The Balaban J connectivity index is 1.97. The molecule has 0 aliphatic rings. The predicted octanol–water partition coefficient (Wildman–Crippen LogP) is 3.42. The Bertz CT molecular complexity index is 1100. The number of carboxylic acid groups (broad SMARTS) is 1. The van der Waals surface area contributed by atoms with Crippen molar-refractivity contribution in [1.29, 1.82) is 0 Å². The normalized spacial score (nSPS) is 12.1. The van der Waals surface area contributed by atoms with E-state index in [9.17, 15) is 14.4 Å². The average molecular weight is 368 g/mol. The van der Waals surface area contributed by atoms with E-state index in [1.54, 1.807) is 6.92 Å². The van der Waals surface area contributed by atoms with Gasteiger partial charge < -0.3 is 14.8 Å². The Labute approximate surface area is 155 Å². The molecule has 1 atom stereocenters. The largest absolute Gasteiger partial charge is 0.478 e. The van der Waals surface area contributed by atoms with Crippen LogP contribution in [-0.4, -0.2) is 21.6 Å². The highest BCUT2D eigenvalue weighted by Gasteiger charge is 2.23. The van der Waals surface area contributed by atoms with Crippen molar-refractivity contribution in [2.75, 3.05) is 5.32 Å². The van der Waals surface area contributed by atoms with Crippen LogP contribution in [0.3, 0.4) is 0 Å². The first-order valence-electron chi connectivity index (χ1n) is 8.46.